The molecule has 0 bridgehead atoms. The van der Waals surface area contributed by atoms with Crippen molar-refractivity contribution in [3.63, 3.8) is 0 Å². The van der Waals surface area contributed by atoms with Crippen LogP contribution in [0.3, 0.4) is 0 Å². The molecule has 0 unspecified atom stereocenters. The van der Waals surface area contributed by atoms with Crippen LogP contribution >= 0.6 is 0 Å². The summed E-state index contributed by atoms with van der Waals surface area (Å²) < 4.78 is 14.5. The Balaban J connectivity index is 0.000000223. The van der Waals surface area contributed by atoms with Crippen LogP contribution in [-0.4, -0.2) is 106 Å². The number of carbonyl (C=O) groups excluding carboxylic acids is 1. The summed E-state index contributed by atoms with van der Waals surface area (Å²) in [5.41, 5.74) is 2.59. The zero-order chi connectivity index (χ0) is 38.3. The van der Waals surface area contributed by atoms with Gasteiger partial charge in [-0.3, -0.25) is 9.48 Å². The summed E-state index contributed by atoms with van der Waals surface area (Å²) in [6, 6.07) is 32.5. The topological polar surface area (TPSA) is 140 Å². The van der Waals surface area contributed by atoms with E-state index in [1.54, 1.807) is 16.9 Å². The predicted molar refractivity (Wildman–Crippen MR) is 210 cm³/mol. The Morgan fingerprint density at radius 1 is 0.685 bits per heavy atom. The molecule has 54 heavy (non-hydrogen) atoms. The summed E-state index contributed by atoms with van der Waals surface area (Å²) in [6.07, 6.45) is 3.43. The van der Waals surface area contributed by atoms with Crippen LogP contribution in [0.5, 0.6) is 11.8 Å². The summed E-state index contributed by atoms with van der Waals surface area (Å²) in [6.45, 7) is 3.75. The molecule has 0 aliphatic rings. The summed E-state index contributed by atoms with van der Waals surface area (Å²) >= 11 is 0. The fourth-order valence-corrected chi connectivity index (χ4v) is 5.54. The van der Waals surface area contributed by atoms with Gasteiger partial charge in [0.25, 0.3) is 5.91 Å². The Morgan fingerprint density at radius 2 is 1.19 bits per heavy atom. The van der Waals surface area contributed by atoms with Crippen LogP contribution in [-0.2, 0) is 13.1 Å². The first-order chi connectivity index (χ1) is 26.2. The van der Waals surface area contributed by atoms with Gasteiger partial charge >= 0.3 is 5.97 Å². The van der Waals surface area contributed by atoms with Crippen molar-refractivity contribution in [1.29, 1.82) is 0 Å². The van der Waals surface area contributed by atoms with Crippen LogP contribution < -0.4 is 14.8 Å². The molecular formula is C41H48N8O5. The molecule has 3 aromatic heterocycles. The van der Waals surface area contributed by atoms with E-state index in [1.807, 2.05) is 119 Å². The summed E-state index contributed by atoms with van der Waals surface area (Å²) in [7, 11) is 8.05. The van der Waals surface area contributed by atoms with Gasteiger partial charge in [0, 0.05) is 36.8 Å². The second-order valence-corrected chi connectivity index (χ2v) is 13.2. The first-order valence-corrected chi connectivity index (χ1v) is 17.8. The molecule has 0 saturated carbocycles. The number of carbonyl (C=O) groups is 2. The maximum absolute atomic E-state index is 13.2. The number of carboxylic acid groups (broad SMARTS) is 1. The SMILES string of the molecule is CN(C)CCCOc1cc(C(=O)Nc2nccc3ccccc23)n(Cc2ccccc2)n1.CN(C)CCCOc1cc(C(=O)O)n(Cc2ccccc2)n1. The second kappa shape index (κ2) is 19.7. The van der Waals surface area contributed by atoms with Crippen molar-refractivity contribution in [2.24, 2.45) is 0 Å². The van der Waals surface area contributed by atoms with Gasteiger partial charge in [-0.15, -0.1) is 10.2 Å². The lowest BCUT2D eigenvalue weighted by molar-refractivity contribution is 0.0683. The quantitative estimate of drug-likeness (QED) is 0.107. The number of nitrogens with zero attached hydrogens (tertiary/aromatic N) is 7. The monoisotopic (exact) mass is 732 g/mol. The van der Waals surface area contributed by atoms with Gasteiger partial charge in [0.1, 0.15) is 11.5 Å². The number of benzene rings is 3. The van der Waals surface area contributed by atoms with Crippen molar-refractivity contribution < 1.29 is 24.2 Å². The Bertz CT molecular complexity index is 2070. The fraction of sp³-hybridized carbons (Fsp3) is 0.293. The van der Waals surface area contributed by atoms with Crippen LogP contribution in [0.2, 0.25) is 0 Å². The number of rotatable bonds is 17. The maximum Gasteiger partial charge on any atom is 0.354 e. The second-order valence-electron chi connectivity index (χ2n) is 13.2. The van der Waals surface area contributed by atoms with Crippen LogP contribution in [0, 0.1) is 0 Å². The number of hydrogen-bond donors (Lipinski definition) is 2. The van der Waals surface area contributed by atoms with Crippen LogP contribution in [0.1, 0.15) is 44.9 Å². The number of hydrogen-bond acceptors (Lipinski definition) is 9. The van der Waals surface area contributed by atoms with E-state index in [0.29, 0.717) is 49.6 Å². The van der Waals surface area contributed by atoms with E-state index in [0.717, 1.165) is 47.8 Å². The number of aromatic carboxylic acids is 1. The largest absolute Gasteiger partial charge is 0.477 e. The lowest BCUT2D eigenvalue weighted by Gasteiger charge is -2.09. The van der Waals surface area contributed by atoms with E-state index in [9.17, 15) is 14.7 Å². The van der Waals surface area contributed by atoms with Gasteiger partial charge < -0.3 is 29.7 Å². The summed E-state index contributed by atoms with van der Waals surface area (Å²) in [4.78, 5) is 33.1. The fourth-order valence-electron chi connectivity index (χ4n) is 5.54. The van der Waals surface area contributed by atoms with Crippen molar-refractivity contribution in [2.45, 2.75) is 25.9 Å². The molecule has 1 amide bonds. The van der Waals surface area contributed by atoms with E-state index in [4.69, 9.17) is 9.47 Å². The predicted octanol–water partition coefficient (Wildman–Crippen LogP) is 6.02. The molecule has 6 aromatic rings. The molecule has 0 fully saturated rings. The number of amides is 1. The lowest BCUT2D eigenvalue weighted by Crippen LogP contribution is -2.19. The van der Waals surface area contributed by atoms with E-state index in [-0.39, 0.29) is 11.6 Å². The highest BCUT2D eigenvalue weighted by Gasteiger charge is 2.19. The Hall–Kier alpha value is -6.05. The van der Waals surface area contributed by atoms with Gasteiger partial charge in [-0.2, -0.15) is 0 Å². The van der Waals surface area contributed by atoms with Crippen LogP contribution in [0.25, 0.3) is 10.8 Å². The van der Waals surface area contributed by atoms with Crippen molar-refractivity contribution in [1.82, 2.24) is 34.3 Å². The number of anilines is 1. The van der Waals surface area contributed by atoms with Gasteiger partial charge in [0.15, 0.2) is 5.69 Å². The van der Waals surface area contributed by atoms with Gasteiger partial charge in [-0.05, 0) is 63.6 Å². The molecule has 13 nitrogen and oxygen atoms in total. The molecule has 3 heterocycles. The molecule has 6 rings (SSSR count). The molecule has 282 valence electrons. The van der Waals surface area contributed by atoms with Gasteiger partial charge in [0.05, 0.1) is 26.3 Å². The first-order valence-electron chi connectivity index (χ1n) is 17.8. The number of carboxylic acids is 1. The van der Waals surface area contributed by atoms with Crippen molar-refractivity contribution in [2.75, 3.05) is 59.8 Å². The molecule has 0 saturated heterocycles. The zero-order valence-corrected chi connectivity index (χ0v) is 31.3. The van der Waals surface area contributed by atoms with E-state index in [1.165, 1.54) is 10.7 Å². The average Bonchev–Trinajstić information content (AvgIpc) is 3.77. The number of ether oxygens (including phenoxy) is 2. The molecular weight excluding hydrogens is 685 g/mol. The molecule has 0 radical (unpaired) electrons. The number of aromatic nitrogens is 5. The molecule has 3 aromatic carbocycles. The van der Waals surface area contributed by atoms with Gasteiger partial charge in [-0.1, -0.05) is 84.9 Å². The normalized spacial score (nSPS) is 11.0. The van der Waals surface area contributed by atoms with Crippen LogP contribution in [0.15, 0.2) is 109 Å². The van der Waals surface area contributed by atoms with Crippen LogP contribution in [0.4, 0.5) is 5.82 Å². The zero-order valence-electron chi connectivity index (χ0n) is 31.3. The summed E-state index contributed by atoms with van der Waals surface area (Å²) in [5.74, 6) is 0.0313. The molecule has 13 heteroatoms. The van der Waals surface area contributed by atoms with E-state index >= 15 is 0 Å². The first kappa shape index (κ1) is 39.2. The minimum absolute atomic E-state index is 0.131. The van der Waals surface area contributed by atoms with Crippen molar-refractivity contribution in [3.05, 3.63) is 132 Å². The Labute approximate surface area is 315 Å². The lowest BCUT2D eigenvalue weighted by atomic mass is 10.1. The molecule has 0 atom stereocenters. The number of fused-ring (bicyclic) bond motifs is 1. The Kier molecular flexibility index (Phi) is 14.3. The molecule has 0 spiro atoms. The highest BCUT2D eigenvalue weighted by molar-refractivity contribution is 6.07. The third kappa shape index (κ3) is 11.7. The smallest absolute Gasteiger partial charge is 0.354 e. The van der Waals surface area contributed by atoms with Gasteiger partial charge in [0.2, 0.25) is 11.8 Å². The molecule has 2 N–H and O–H groups in total. The van der Waals surface area contributed by atoms with Crippen molar-refractivity contribution >= 4 is 28.5 Å². The highest BCUT2D eigenvalue weighted by Crippen LogP contribution is 2.22. The standard InChI is InChI=1S/C25H27N5O2.C16H21N3O3/c1-29(2)15-8-16-32-23-17-22(30(28-23)18-19-9-4-3-5-10-19)25(31)27-24-21-12-7-6-11-20(21)13-14-26-24;1-18(2)9-6-10-22-15-11-14(16(20)21)19(17-15)12-13-7-4-3-5-8-13/h3-7,9-14,17H,8,15-16,18H2,1-2H3,(H,26,27,31);3-5,7-8,11H,6,9-10,12H2,1-2H3,(H,20,21). The number of nitrogens with one attached hydrogen (secondary N) is 1. The van der Waals surface area contributed by atoms with E-state index < -0.39 is 5.97 Å². The maximum atomic E-state index is 13.2. The minimum Gasteiger partial charge on any atom is -0.477 e. The summed E-state index contributed by atoms with van der Waals surface area (Å²) in [5, 5.41) is 22.9. The highest BCUT2D eigenvalue weighted by atomic mass is 16.5. The Morgan fingerprint density at radius 3 is 1.72 bits per heavy atom. The number of pyridine rings is 1. The average molecular weight is 733 g/mol. The van der Waals surface area contributed by atoms with E-state index in [2.05, 4.69) is 30.3 Å². The molecule has 0 aliphatic carbocycles. The minimum atomic E-state index is -1.01. The van der Waals surface area contributed by atoms with Gasteiger partial charge in [-0.25, -0.2) is 14.5 Å². The third-order valence-corrected chi connectivity index (χ3v) is 8.22. The molecule has 0 aliphatic heterocycles. The third-order valence-electron chi connectivity index (χ3n) is 8.22. The van der Waals surface area contributed by atoms with Crippen molar-refractivity contribution in [3.8, 4) is 11.8 Å².